The molecule has 1 fully saturated rings. The summed E-state index contributed by atoms with van der Waals surface area (Å²) in [7, 11) is -3.06. The number of hydrogen-bond donors (Lipinski definition) is 1. The van der Waals surface area contributed by atoms with Crippen LogP contribution in [0, 0.1) is 0 Å². The fourth-order valence-electron chi connectivity index (χ4n) is 3.02. The fourth-order valence-corrected chi connectivity index (χ4v) is 5.24. The van der Waals surface area contributed by atoms with Gasteiger partial charge >= 0.3 is 0 Å². The van der Waals surface area contributed by atoms with Crippen LogP contribution in [0.15, 0.2) is 48.0 Å². The lowest BCUT2D eigenvalue weighted by molar-refractivity contribution is 0.102. The zero-order valence-electron chi connectivity index (χ0n) is 13.7. The van der Waals surface area contributed by atoms with Crippen molar-refractivity contribution in [3.63, 3.8) is 0 Å². The normalized spacial score (nSPS) is 18.7. The van der Waals surface area contributed by atoms with Crippen molar-refractivity contribution >= 4 is 32.2 Å². The molecule has 1 N–H and O–H groups in total. The summed E-state index contributed by atoms with van der Waals surface area (Å²) >= 11 is 1.32. The van der Waals surface area contributed by atoms with E-state index in [1.165, 1.54) is 11.3 Å². The highest BCUT2D eigenvalue weighted by atomic mass is 32.2. The van der Waals surface area contributed by atoms with Gasteiger partial charge in [-0.3, -0.25) is 14.8 Å². The second-order valence-electron chi connectivity index (χ2n) is 6.07. The molecule has 1 aromatic carbocycles. The number of amides is 1. The van der Waals surface area contributed by atoms with Crippen LogP contribution >= 0.6 is 11.3 Å². The van der Waals surface area contributed by atoms with Gasteiger partial charge in [0.15, 0.2) is 20.7 Å². The molecule has 1 aliphatic heterocycles. The molecule has 7 nitrogen and oxygen atoms in total. The number of carbonyl (C=O) groups excluding carboxylic acids is 1. The van der Waals surface area contributed by atoms with Crippen LogP contribution in [0.1, 0.15) is 23.0 Å². The number of nitrogens with one attached hydrogen (secondary N) is 1. The van der Waals surface area contributed by atoms with E-state index in [4.69, 9.17) is 0 Å². The topological polar surface area (TPSA) is 94.0 Å². The van der Waals surface area contributed by atoms with Crippen molar-refractivity contribution < 1.29 is 13.2 Å². The molecule has 134 valence electrons. The minimum Gasteiger partial charge on any atom is -0.296 e. The van der Waals surface area contributed by atoms with Gasteiger partial charge in [-0.25, -0.2) is 13.4 Å². The van der Waals surface area contributed by atoms with Crippen molar-refractivity contribution in [3.8, 4) is 11.3 Å². The zero-order chi connectivity index (χ0) is 18.1. The minimum absolute atomic E-state index is 0.0437. The van der Waals surface area contributed by atoms with Gasteiger partial charge in [0.2, 0.25) is 0 Å². The molecule has 2 aromatic heterocycles. The molecule has 0 unspecified atom stereocenters. The Balaban J connectivity index is 1.72. The lowest BCUT2D eigenvalue weighted by Gasteiger charge is -2.13. The number of thiazole rings is 1. The van der Waals surface area contributed by atoms with Crippen molar-refractivity contribution in [2.75, 3.05) is 16.8 Å². The molecule has 0 saturated carbocycles. The molecule has 9 heteroatoms. The van der Waals surface area contributed by atoms with E-state index in [-0.39, 0.29) is 29.1 Å². The fraction of sp³-hybridized carbons (Fsp3) is 0.235. The van der Waals surface area contributed by atoms with E-state index in [9.17, 15) is 13.2 Å². The summed E-state index contributed by atoms with van der Waals surface area (Å²) in [6, 6.07) is 11.0. The maximum Gasteiger partial charge on any atom is 0.277 e. The van der Waals surface area contributed by atoms with Gasteiger partial charge in [-0.05, 0) is 18.1 Å². The van der Waals surface area contributed by atoms with Crippen LogP contribution in [0.3, 0.4) is 0 Å². The van der Waals surface area contributed by atoms with Crippen LogP contribution in [0.2, 0.25) is 0 Å². The van der Waals surface area contributed by atoms with Gasteiger partial charge in [-0.1, -0.05) is 30.3 Å². The zero-order valence-corrected chi connectivity index (χ0v) is 15.3. The van der Waals surface area contributed by atoms with E-state index in [1.807, 2.05) is 30.3 Å². The van der Waals surface area contributed by atoms with Crippen molar-refractivity contribution in [2.24, 2.45) is 0 Å². The van der Waals surface area contributed by atoms with Crippen LogP contribution in [-0.2, 0) is 9.84 Å². The number of aromatic nitrogens is 3. The average molecular weight is 388 g/mol. The Kier molecular flexibility index (Phi) is 4.33. The van der Waals surface area contributed by atoms with Crippen molar-refractivity contribution in [1.29, 1.82) is 0 Å². The lowest BCUT2D eigenvalue weighted by Crippen LogP contribution is -2.16. The standard InChI is InChI=1S/C17H16N4O3S2/c22-16(19-17-18-7-8-25-17)14-10-15(12-4-2-1-3-5-12)21(20-14)13-6-9-26(23,24)11-13/h1-5,7-8,10,13H,6,9,11H2,(H,18,19,22)/t13-/m0/s1. The third-order valence-electron chi connectivity index (χ3n) is 4.24. The molecule has 0 radical (unpaired) electrons. The monoisotopic (exact) mass is 388 g/mol. The number of sulfone groups is 1. The van der Waals surface area contributed by atoms with Gasteiger partial charge in [-0.15, -0.1) is 11.3 Å². The molecule has 4 rings (SSSR count). The van der Waals surface area contributed by atoms with Gasteiger partial charge < -0.3 is 0 Å². The molecule has 3 aromatic rings. The summed E-state index contributed by atoms with van der Waals surface area (Å²) in [6.45, 7) is 0. The number of carbonyl (C=O) groups is 1. The number of nitrogens with zero attached hydrogens (tertiary/aromatic N) is 3. The highest BCUT2D eigenvalue weighted by Gasteiger charge is 2.32. The summed E-state index contributed by atoms with van der Waals surface area (Å²) in [5.74, 6) is -0.175. The molecule has 1 amide bonds. The summed E-state index contributed by atoms with van der Waals surface area (Å²) in [4.78, 5) is 16.6. The Morgan fingerprint density at radius 2 is 2.08 bits per heavy atom. The number of anilines is 1. The van der Waals surface area contributed by atoms with Gasteiger partial charge in [0.1, 0.15) is 0 Å². The molecule has 26 heavy (non-hydrogen) atoms. The van der Waals surface area contributed by atoms with E-state index in [2.05, 4.69) is 15.4 Å². The summed E-state index contributed by atoms with van der Waals surface area (Å²) in [5, 5.41) is 9.41. The third kappa shape index (κ3) is 3.40. The molecule has 3 heterocycles. The van der Waals surface area contributed by atoms with Crippen LogP contribution in [0.25, 0.3) is 11.3 Å². The van der Waals surface area contributed by atoms with E-state index in [0.29, 0.717) is 11.6 Å². The molecule has 1 atom stereocenters. The van der Waals surface area contributed by atoms with Crippen molar-refractivity contribution in [1.82, 2.24) is 14.8 Å². The summed E-state index contributed by atoms with van der Waals surface area (Å²) in [5.41, 5.74) is 1.86. The molecular weight excluding hydrogens is 372 g/mol. The molecule has 1 aliphatic rings. The van der Waals surface area contributed by atoms with Gasteiger partial charge in [0.05, 0.1) is 23.2 Å². The SMILES string of the molecule is O=C(Nc1nccs1)c1cc(-c2ccccc2)n([C@H]2CCS(=O)(=O)C2)n1. The predicted molar refractivity (Wildman–Crippen MR) is 100 cm³/mol. The van der Waals surface area contributed by atoms with E-state index >= 15 is 0 Å². The van der Waals surface area contributed by atoms with E-state index in [0.717, 1.165) is 11.3 Å². The van der Waals surface area contributed by atoms with E-state index in [1.54, 1.807) is 22.3 Å². The number of benzene rings is 1. The van der Waals surface area contributed by atoms with Crippen LogP contribution in [0.4, 0.5) is 5.13 Å². The highest BCUT2D eigenvalue weighted by molar-refractivity contribution is 7.91. The Hall–Kier alpha value is -2.52. The van der Waals surface area contributed by atoms with Crippen LogP contribution in [-0.4, -0.2) is 40.6 Å². The first-order valence-corrected chi connectivity index (χ1v) is 10.8. The van der Waals surface area contributed by atoms with Crippen molar-refractivity contribution in [2.45, 2.75) is 12.5 Å². The first kappa shape index (κ1) is 16.9. The second kappa shape index (κ2) is 6.65. The Morgan fingerprint density at radius 1 is 1.27 bits per heavy atom. The molecular formula is C17H16N4O3S2. The Bertz CT molecular complexity index is 1030. The highest BCUT2D eigenvalue weighted by Crippen LogP contribution is 2.30. The molecule has 0 aliphatic carbocycles. The Labute approximate surface area is 154 Å². The van der Waals surface area contributed by atoms with Crippen LogP contribution < -0.4 is 5.32 Å². The second-order valence-corrected chi connectivity index (χ2v) is 9.20. The molecule has 0 bridgehead atoms. The first-order chi connectivity index (χ1) is 12.5. The molecule has 1 saturated heterocycles. The number of hydrogen-bond acceptors (Lipinski definition) is 6. The van der Waals surface area contributed by atoms with Crippen LogP contribution in [0.5, 0.6) is 0 Å². The average Bonchev–Trinajstić information content (AvgIpc) is 3.35. The van der Waals surface area contributed by atoms with Gasteiger partial charge in [0, 0.05) is 11.6 Å². The van der Waals surface area contributed by atoms with Crippen molar-refractivity contribution in [3.05, 3.63) is 53.7 Å². The largest absolute Gasteiger partial charge is 0.296 e. The maximum absolute atomic E-state index is 12.5. The smallest absolute Gasteiger partial charge is 0.277 e. The maximum atomic E-state index is 12.5. The van der Waals surface area contributed by atoms with Gasteiger partial charge in [0.25, 0.3) is 5.91 Å². The minimum atomic E-state index is -3.06. The lowest BCUT2D eigenvalue weighted by atomic mass is 10.1. The first-order valence-electron chi connectivity index (χ1n) is 8.08. The quantitative estimate of drug-likeness (QED) is 0.741. The Morgan fingerprint density at radius 3 is 2.73 bits per heavy atom. The number of rotatable bonds is 4. The predicted octanol–water partition coefficient (Wildman–Crippen LogP) is 2.62. The van der Waals surface area contributed by atoms with E-state index < -0.39 is 9.84 Å². The summed E-state index contributed by atoms with van der Waals surface area (Å²) < 4.78 is 25.5. The molecule has 0 spiro atoms. The van der Waals surface area contributed by atoms with Gasteiger partial charge in [-0.2, -0.15) is 5.10 Å². The third-order valence-corrected chi connectivity index (χ3v) is 6.68. The summed E-state index contributed by atoms with van der Waals surface area (Å²) in [6.07, 6.45) is 2.11.